The van der Waals surface area contributed by atoms with Gasteiger partial charge in [-0.3, -0.25) is 0 Å². The zero-order chi connectivity index (χ0) is 8.53. The molecule has 0 aromatic heterocycles. The van der Waals surface area contributed by atoms with E-state index >= 15 is 0 Å². The second-order valence-corrected chi connectivity index (χ2v) is 4.25. The third-order valence-corrected chi connectivity index (χ3v) is 2.83. The summed E-state index contributed by atoms with van der Waals surface area (Å²) in [5.41, 5.74) is 0. The van der Waals surface area contributed by atoms with Crippen LogP contribution in [0.5, 0.6) is 0 Å². The van der Waals surface area contributed by atoms with Crippen LogP contribution in [0.3, 0.4) is 0 Å². The third-order valence-electron chi connectivity index (χ3n) is 1.13. The van der Waals surface area contributed by atoms with Crippen molar-refractivity contribution in [1.29, 1.82) is 0 Å². The van der Waals surface area contributed by atoms with Gasteiger partial charge in [0.2, 0.25) is 0 Å². The molecule has 2 nitrogen and oxygen atoms in total. The summed E-state index contributed by atoms with van der Waals surface area (Å²) in [7, 11) is 0. The first-order valence-corrected chi connectivity index (χ1v) is 5.89. The number of hydrogen-bond donors (Lipinski definition) is 1. The van der Waals surface area contributed by atoms with Gasteiger partial charge in [0.05, 0.1) is 0 Å². The summed E-state index contributed by atoms with van der Waals surface area (Å²) >= 11 is 0.0650. The number of rotatable bonds is 6. The molecular weight excluding hydrogens is 205 g/mol. The van der Waals surface area contributed by atoms with Crippen LogP contribution in [0, 0.1) is 0 Å². The van der Waals surface area contributed by atoms with Crippen molar-refractivity contribution in [1.82, 2.24) is 5.32 Å². The van der Waals surface area contributed by atoms with Gasteiger partial charge in [-0.1, -0.05) is 0 Å². The number of carbonyl (C=O) groups is 1. The van der Waals surface area contributed by atoms with E-state index in [0.29, 0.717) is 0 Å². The predicted octanol–water partition coefficient (Wildman–Crippen LogP) is 1.80. The molecule has 0 saturated carbocycles. The summed E-state index contributed by atoms with van der Waals surface area (Å²) in [6.45, 7) is 6.50. The van der Waals surface area contributed by atoms with Crippen molar-refractivity contribution in [3.05, 3.63) is 12.7 Å². The molecule has 0 saturated heterocycles. The molecule has 0 aliphatic rings. The normalized spacial score (nSPS) is 9.18. The first kappa shape index (κ1) is 10.7. The van der Waals surface area contributed by atoms with Crippen molar-refractivity contribution in [2.24, 2.45) is 0 Å². The van der Waals surface area contributed by atoms with Crippen LogP contribution >= 0.6 is 0 Å². The van der Waals surface area contributed by atoms with Gasteiger partial charge in [0.15, 0.2) is 0 Å². The van der Waals surface area contributed by atoms with Crippen molar-refractivity contribution in [2.45, 2.75) is 25.1 Å². The molecule has 0 atom stereocenters. The van der Waals surface area contributed by atoms with E-state index in [4.69, 9.17) is 0 Å². The Labute approximate surface area is 74.6 Å². The van der Waals surface area contributed by atoms with Gasteiger partial charge in [0.25, 0.3) is 0 Å². The fourth-order valence-electron chi connectivity index (χ4n) is 0.553. The Bertz CT molecular complexity index is 125. The topological polar surface area (TPSA) is 29.1 Å². The molecule has 0 fully saturated rings. The molecule has 0 aromatic carbocycles. The molecule has 0 aliphatic heterocycles. The van der Waals surface area contributed by atoms with Gasteiger partial charge in [-0.15, -0.1) is 0 Å². The zero-order valence-electron chi connectivity index (χ0n) is 6.93. The van der Waals surface area contributed by atoms with Crippen molar-refractivity contribution in [2.75, 3.05) is 6.54 Å². The Balaban J connectivity index is 3.15. The van der Waals surface area contributed by atoms with Crippen LogP contribution < -0.4 is 5.32 Å². The summed E-state index contributed by atoms with van der Waals surface area (Å²) in [6.07, 6.45) is 4.00. The Hall–Kier alpha value is -0.271. The summed E-state index contributed by atoms with van der Waals surface area (Å²) in [5.74, 6) is 0. The molecule has 0 aromatic rings. The van der Waals surface area contributed by atoms with E-state index in [9.17, 15) is 4.79 Å². The van der Waals surface area contributed by atoms with E-state index < -0.39 is 0 Å². The molecule has 0 radical (unpaired) electrons. The summed E-state index contributed by atoms with van der Waals surface area (Å²) in [5, 5.41) is 3.70. The van der Waals surface area contributed by atoms with Crippen LogP contribution in [0.1, 0.15) is 19.8 Å². The summed E-state index contributed by atoms with van der Waals surface area (Å²) in [6, 6.07) is 0. The van der Waals surface area contributed by atoms with Crippen LogP contribution in [0.2, 0.25) is 5.32 Å². The van der Waals surface area contributed by atoms with Crippen LogP contribution in [0.4, 0.5) is 4.79 Å². The van der Waals surface area contributed by atoms with Gasteiger partial charge in [-0.2, -0.15) is 0 Å². The van der Waals surface area contributed by atoms with Gasteiger partial charge in [0, 0.05) is 0 Å². The molecule has 64 valence electrons. The second-order valence-electron chi connectivity index (χ2n) is 2.17. The molecule has 3 heteroatoms. The average Bonchev–Trinajstić information content (AvgIpc) is 2.01. The van der Waals surface area contributed by atoms with E-state index in [2.05, 4.69) is 18.8 Å². The van der Waals surface area contributed by atoms with Crippen molar-refractivity contribution in [3.8, 4) is 0 Å². The number of amides is 1. The average molecular weight is 220 g/mol. The summed E-state index contributed by atoms with van der Waals surface area (Å²) in [4.78, 5) is 11.1. The molecular formula is C8H15NOSe. The fourth-order valence-corrected chi connectivity index (χ4v) is 1.55. The van der Waals surface area contributed by atoms with E-state index in [1.54, 1.807) is 6.08 Å². The van der Waals surface area contributed by atoms with Gasteiger partial charge in [0.1, 0.15) is 0 Å². The Kier molecular flexibility index (Phi) is 7.64. The molecule has 1 N–H and O–H groups in total. The van der Waals surface area contributed by atoms with Crippen molar-refractivity contribution >= 4 is 19.8 Å². The molecule has 0 unspecified atom stereocenters. The first-order chi connectivity index (χ1) is 5.31. The van der Waals surface area contributed by atoms with Gasteiger partial charge < -0.3 is 0 Å². The predicted molar refractivity (Wildman–Crippen MR) is 49.1 cm³/mol. The van der Waals surface area contributed by atoms with E-state index in [0.717, 1.165) is 24.7 Å². The van der Waals surface area contributed by atoms with Crippen LogP contribution in [-0.4, -0.2) is 26.3 Å². The quantitative estimate of drug-likeness (QED) is 0.413. The fraction of sp³-hybridized carbons (Fsp3) is 0.625. The number of carbonyl (C=O) groups excluding carboxylic acids is 1. The standard InChI is InChI=1S/C8H15NOSe/c1-3-5-6-9-8(10)11-7-4-2/h4H,2-3,5-7H2,1H3,(H,9,10). The second kappa shape index (κ2) is 7.83. The van der Waals surface area contributed by atoms with Crippen molar-refractivity contribution < 1.29 is 4.79 Å². The van der Waals surface area contributed by atoms with Gasteiger partial charge in [-0.25, -0.2) is 0 Å². The third kappa shape index (κ3) is 7.63. The first-order valence-electron chi connectivity index (χ1n) is 3.82. The van der Waals surface area contributed by atoms with Crippen molar-refractivity contribution in [3.63, 3.8) is 0 Å². The minimum atomic E-state index is 0.0650. The Morgan fingerprint density at radius 1 is 1.73 bits per heavy atom. The minimum absolute atomic E-state index is 0.0650. The number of unbranched alkanes of at least 4 members (excludes halogenated alkanes) is 1. The molecule has 0 spiro atoms. The van der Waals surface area contributed by atoms with Gasteiger partial charge in [-0.05, 0) is 0 Å². The van der Waals surface area contributed by atoms with E-state index in [1.165, 1.54) is 0 Å². The zero-order valence-corrected chi connectivity index (χ0v) is 8.64. The maximum absolute atomic E-state index is 10.9. The Morgan fingerprint density at radius 3 is 3.00 bits per heavy atom. The molecule has 0 heterocycles. The summed E-state index contributed by atoms with van der Waals surface area (Å²) < 4.78 is 0. The number of allylic oxidation sites excluding steroid dienone is 1. The van der Waals surface area contributed by atoms with Crippen LogP contribution in [0.25, 0.3) is 0 Å². The van der Waals surface area contributed by atoms with E-state index in [1.807, 2.05) is 0 Å². The van der Waals surface area contributed by atoms with Crippen LogP contribution in [0.15, 0.2) is 12.7 Å². The molecule has 0 aliphatic carbocycles. The van der Waals surface area contributed by atoms with Gasteiger partial charge >= 0.3 is 74.2 Å². The number of nitrogens with one attached hydrogen (secondary N) is 1. The molecule has 0 rings (SSSR count). The Morgan fingerprint density at radius 2 is 2.45 bits per heavy atom. The van der Waals surface area contributed by atoms with Crippen LogP contribution in [-0.2, 0) is 0 Å². The molecule has 0 bridgehead atoms. The molecule has 11 heavy (non-hydrogen) atoms. The SMILES string of the molecule is C=CC[Se]C(=O)NCCCC. The van der Waals surface area contributed by atoms with E-state index in [-0.39, 0.29) is 19.8 Å². The monoisotopic (exact) mass is 221 g/mol. The maximum atomic E-state index is 10.9. The number of hydrogen-bond acceptors (Lipinski definition) is 1. The molecule has 1 amide bonds.